The average Bonchev–Trinajstić information content (AvgIpc) is 2.40. The quantitative estimate of drug-likeness (QED) is 0.549. The van der Waals surface area contributed by atoms with Crippen molar-refractivity contribution in [2.45, 2.75) is 0 Å². The van der Waals surface area contributed by atoms with Crippen LogP contribution in [0.2, 0.25) is 0 Å². The molecule has 1 heterocycles. The van der Waals surface area contributed by atoms with E-state index < -0.39 is 0 Å². The molecule has 1 aromatic carbocycles. The first-order valence-electron chi connectivity index (χ1n) is 5.02. The smallest absolute Gasteiger partial charge is 0.142 e. The number of hydrogen-bond acceptors (Lipinski definition) is 5. The Kier molecular flexibility index (Phi) is 3.19. The second-order valence-corrected chi connectivity index (χ2v) is 3.37. The summed E-state index contributed by atoms with van der Waals surface area (Å²) in [6.45, 7) is 0. The minimum Gasteiger partial charge on any atom is -0.340 e. The van der Waals surface area contributed by atoms with E-state index in [1.54, 1.807) is 18.2 Å². The Labute approximate surface area is 98.9 Å². The van der Waals surface area contributed by atoms with Gasteiger partial charge in [0.1, 0.15) is 11.6 Å². The minimum atomic E-state index is 0.587. The highest BCUT2D eigenvalue weighted by molar-refractivity contribution is 5.58. The van der Waals surface area contributed by atoms with Crippen molar-refractivity contribution in [1.29, 1.82) is 5.26 Å². The molecule has 0 radical (unpaired) electrons. The van der Waals surface area contributed by atoms with E-state index >= 15 is 0 Å². The highest BCUT2D eigenvalue weighted by Gasteiger charge is 1.97. The fraction of sp³-hybridized carbons (Fsp3) is 0. The first-order chi connectivity index (χ1) is 8.31. The molecule has 1 aromatic heterocycles. The Morgan fingerprint density at radius 1 is 1.06 bits per heavy atom. The van der Waals surface area contributed by atoms with Crippen LogP contribution < -0.4 is 16.6 Å². The lowest BCUT2D eigenvalue weighted by atomic mass is 10.2. The van der Waals surface area contributed by atoms with E-state index in [2.05, 4.69) is 21.8 Å². The number of pyridine rings is 1. The Morgan fingerprint density at radius 3 is 2.41 bits per heavy atom. The maximum Gasteiger partial charge on any atom is 0.142 e. The summed E-state index contributed by atoms with van der Waals surface area (Å²) in [7, 11) is 0. The predicted molar refractivity (Wildman–Crippen MR) is 66.5 cm³/mol. The summed E-state index contributed by atoms with van der Waals surface area (Å²) in [5.74, 6) is 6.55. The van der Waals surface area contributed by atoms with Crippen molar-refractivity contribution >= 4 is 17.3 Å². The SMILES string of the molecule is N#Cc1ccc(Nc2cccc(NN)n2)cc1. The highest BCUT2D eigenvalue weighted by Crippen LogP contribution is 2.16. The molecule has 2 aromatic rings. The van der Waals surface area contributed by atoms with Gasteiger partial charge in [0.25, 0.3) is 0 Å². The Bertz CT molecular complexity index is 542. The van der Waals surface area contributed by atoms with E-state index in [0.717, 1.165) is 5.69 Å². The van der Waals surface area contributed by atoms with Gasteiger partial charge in [0.05, 0.1) is 11.6 Å². The summed E-state index contributed by atoms with van der Waals surface area (Å²) in [6, 6.07) is 14.6. The lowest BCUT2D eigenvalue weighted by Gasteiger charge is -2.06. The summed E-state index contributed by atoms with van der Waals surface area (Å²) in [5, 5.41) is 11.8. The summed E-state index contributed by atoms with van der Waals surface area (Å²) in [6.07, 6.45) is 0. The monoisotopic (exact) mass is 225 g/mol. The van der Waals surface area contributed by atoms with Crippen molar-refractivity contribution in [2.75, 3.05) is 10.7 Å². The number of hydrogen-bond donors (Lipinski definition) is 3. The molecule has 0 atom stereocenters. The van der Waals surface area contributed by atoms with Gasteiger partial charge in [0.2, 0.25) is 0 Å². The molecule has 0 aliphatic heterocycles. The van der Waals surface area contributed by atoms with Crippen LogP contribution in [-0.2, 0) is 0 Å². The molecule has 0 fully saturated rings. The van der Waals surface area contributed by atoms with Gasteiger partial charge in [-0.25, -0.2) is 10.8 Å². The molecule has 0 saturated heterocycles. The lowest BCUT2D eigenvalue weighted by molar-refractivity contribution is 1.22. The van der Waals surface area contributed by atoms with Crippen LogP contribution in [0, 0.1) is 11.3 Å². The molecule has 0 unspecified atom stereocenters. The van der Waals surface area contributed by atoms with Gasteiger partial charge < -0.3 is 10.7 Å². The van der Waals surface area contributed by atoms with Gasteiger partial charge in [-0.2, -0.15) is 5.26 Å². The lowest BCUT2D eigenvalue weighted by Crippen LogP contribution is -2.08. The van der Waals surface area contributed by atoms with Gasteiger partial charge in [-0.05, 0) is 36.4 Å². The number of anilines is 3. The first kappa shape index (κ1) is 10.9. The second-order valence-electron chi connectivity index (χ2n) is 3.37. The van der Waals surface area contributed by atoms with E-state index in [-0.39, 0.29) is 0 Å². The van der Waals surface area contributed by atoms with Gasteiger partial charge in [-0.15, -0.1) is 0 Å². The van der Waals surface area contributed by atoms with Crippen molar-refractivity contribution in [2.24, 2.45) is 5.84 Å². The van der Waals surface area contributed by atoms with Crippen molar-refractivity contribution in [3.63, 3.8) is 0 Å². The number of hydrazine groups is 1. The molecule has 0 aliphatic carbocycles. The molecular formula is C12H11N5. The van der Waals surface area contributed by atoms with Crippen LogP contribution in [0.4, 0.5) is 17.3 Å². The van der Waals surface area contributed by atoms with Crippen LogP contribution in [0.3, 0.4) is 0 Å². The van der Waals surface area contributed by atoms with Gasteiger partial charge in [0.15, 0.2) is 0 Å². The third-order valence-electron chi connectivity index (χ3n) is 2.18. The highest BCUT2D eigenvalue weighted by atomic mass is 15.3. The number of aromatic nitrogens is 1. The zero-order valence-corrected chi connectivity index (χ0v) is 9.01. The fourth-order valence-electron chi connectivity index (χ4n) is 1.36. The standard InChI is InChI=1S/C12H11N5/c13-8-9-4-6-10(7-5-9)15-11-2-1-3-12(16-11)17-14/h1-7H,14H2,(H2,15,16,17). The minimum absolute atomic E-state index is 0.587. The molecular weight excluding hydrogens is 214 g/mol. The van der Waals surface area contributed by atoms with Crippen LogP contribution in [0.1, 0.15) is 5.56 Å². The number of nitriles is 1. The van der Waals surface area contributed by atoms with E-state index in [4.69, 9.17) is 11.1 Å². The molecule has 84 valence electrons. The van der Waals surface area contributed by atoms with Crippen LogP contribution in [0.5, 0.6) is 0 Å². The van der Waals surface area contributed by atoms with Gasteiger partial charge in [-0.1, -0.05) is 6.07 Å². The van der Waals surface area contributed by atoms with Crippen molar-refractivity contribution in [3.05, 3.63) is 48.0 Å². The Balaban J connectivity index is 2.16. The van der Waals surface area contributed by atoms with Gasteiger partial charge in [-0.3, -0.25) is 0 Å². The van der Waals surface area contributed by atoms with E-state index in [1.165, 1.54) is 0 Å². The Morgan fingerprint density at radius 2 is 1.76 bits per heavy atom. The van der Waals surface area contributed by atoms with Gasteiger partial charge >= 0.3 is 0 Å². The van der Waals surface area contributed by atoms with Crippen LogP contribution >= 0.6 is 0 Å². The summed E-state index contributed by atoms with van der Waals surface area (Å²) in [4.78, 5) is 4.22. The molecule has 4 N–H and O–H groups in total. The van der Waals surface area contributed by atoms with Crippen molar-refractivity contribution < 1.29 is 0 Å². The Hall–Kier alpha value is -2.58. The van der Waals surface area contributed by atoms with Crippen LogP contribution in [0.15, 0.2) is 42.5 Å². The van der Waals surface area contributed by atoms with Crippen molar-refractivity contribution in [3.8, 4) is 6.07 Å². The number of benzene rings is 1. The maximum atomic E-state index is 8.68. The largest absolute Gasteiger partial charge is 0.340 e. The van der Waals surface area contributed by atoms with Crippen LogP contribution in [0.25, 0.3) is 0 Å². The van der Waals surface area contributed by atoms with E-state index in [0.29, 0.717) is 17.2 Å². The number of nitrogens with one attached hydrogen (secondary N) is 2. The third kappa shape index (κ3) is 2.71. The zero-order valence-electron chi connectivity index (χ0n) is 9.01. The normalized spacial score (nSPS) is 9.41. The molecule has 0 bridgehead atoms. The second kappa shape index (κ2) is 4.96. The molecule has 0 aliphatic rings. The molecule has 5 nitrogen and oxygen atoms in total. The summed E-state index contributed by atoms with van der Waals surface area (Å²) < 4.78 is 0. The summed E-state index contributed by atoms with van der Waals surface area (Å²) >= 11 is 0. The summed E-state index contributed by atoms with van der Waals surface area (Å²) in [5.41, 5.74) is 3.97. The molecule has 5 heteroatoms. The van der Waals surface area contributed by atoms with E-state index in [1.807, 2.05) is 24.3 Å². The fourth-order valence-corrected chi connectivity index (χ4v) is 1.36. The maximum absolute atomic E-state index is 8.68. The first-order valence-corrected chi connectivity index (χ1v) is 5.02. The van der Waals surface area contributed by atoms with E-state index in [9.17, 15) is 0 Å². The molecule has 0 saturated carbocycles. The van der Waals surface area contributed by atoms with Crippen molar-refractivity contribution in [1.82, 2.24) is 4.98 Å². The molecule has 17 heavy (non-hydrogen) atoms. The molecule has 0 spiro atoms. The number of nitrogen functional groups attached to an aromatic ring is 1. The van der Waals surface area contributed by atoms with Crippen LogP contribution in [-0.4, -0.2) is 4.98 Å². The predicted octanol–water partition coefficient (Wildman–Crippen LogP) is 1.98. The average molecular weight is 225 g/mol. The zero-order chi connectivity index (χ0) is 12.1. The molecule has 0 amide bonds. The van der Waals surface area contributed by atoms with Gasteiger partial charge in [0, 0.05) is 5.69 Å². The third-order valence-corrected chi connectivity index (χ3v) is 2.18. The topological polar surface area (TPSA) is 86.8 Å². The number of nitrogens with zero attached hydrogens (tertiary/aromatic N) is 2. The number of nitrogens with two attached hydrogens (primary N) is 1. The number of rotatable bonds is 3. The molecule has 2 rings (SSSR count).